The van der Waals surface area contributed by atoms with Crippen molar-refractivity contribution in [2.24, 2.45) is 0 Å². The number of halogens is 3. The van der Waals surface area contributed by atoms with Crippen molar-refractivity contribution >= 4 is 17.7 Å². The fourth-order valence-electron chi connectivity index (χ4n) is 3.18. The van der Waals surface area contributed by atoms with E-state index in [1.807, 2.05) is 36.4 Å². The van der Waals surface area contributed by atoms with E-state index in [-0.39, 0.29) is 18.0 Å². The van der Waals surface area contributed by atoms with Gasteiger partial charge in [-0.2, -0.15) is 18.4 Å². The van der Waals surface area contributed by atoms with Crippen LogP contribution in [-0.2, 0) is 17.5 Å². The van der Waals surface area contributed by atoms with E-state index >= 15 is 0 Å². The number of pyridine rings is 1. The summed E-state index contributed by atoms with van der Waals surface area (Å²) in [4.78, 5) is 18.6. The van der Waals surface area contributed by atoms with Crippen molar-refractivity contribution in [2.75, 3.05) is 4.90 Å². The summed E-state index contributed by atoms with van der Waals surface area (Å²) in [6.45, 7) is 1.89. The first-order valence-electron chi connectivity index (χ1n) is 9.82. The smallest absolute Gasteiger partial charge is 0.306 e. The first-order valence-corrected chi connectivity index (χ1v) is 9.82. The molecule has 0 radical (unpaired) electrons. The summed E-state index contributed by atoms with van der Waals surface area (Å²) in [5.41, 5.74) is 1.81. The zero-order valence-corrected chi connectivity index (χ0v) is 17.3. The molecule has 1 aromatic heterocycles. The Hall–Kier alpha value is -3.92. The number of benzene rings is 2. The van der Waals surface area contributed by atoms with Gasteiger partial charge in [-0.05, 0) is 47.9 Å². The number of nitriles is 1. The summed E-state index contributed by atoms with van der Waals surface area (Å²) in [5, 5.41) is 8.95. The molecule has 0 N–H and O–H groups in total. The molecule has 0 saturated carbocycles. The second-order valence-electron chi connectivity index (χ2n) is 7.22. The summed E-state index contributed by atoms with van der Waals surface area (Å²) in [5.74, 6) is -0.250. The first-order chi connectivity index (χ1) is 15.3. The van der Waals surface area contributed by atoms with E-state index in [9.17, 15) is 18.0 Å². The van der Waals surface area contributed by atoms with Crippen molar-refractivity contribution in [2.45, 2.75) is 26.1 Å². The summed E-state index contributed by atoms with van der Waals surface area (Å²) in [6.07, 6.45) is 0.0745. The van der Waals surface area contributed by atoms with Gasteiger partial charge in [0.25, 0.3) is 0 Å². The van der Waals surface area contributed by atoms with Crippen molar-refractivity contribution in [3.8, 4) is 6.07 Å². The molecule has 2 aromatic carbocycles. The molecule has 0 atom stereocenters. The van der Waals surface area contributed by atoms with Gasteiger partial charge in [-0.15, -0.1) is 0 Å². The summed E-state index contributed by atoms with van der Waals surface area (Å²) in [7, 11) is 0. The van der Waals surface area contributed by atoms with Gasteiger partial charge in [0.15, 0.2) is 0 Å². The van der Waals surface area contributed by atoms with Crippen LogP contribution in [0.15, 0.2) is 72.9 Å². The molecule has 32 heavy (non-hydrogen) atoms. The van der Waals surface area contributed by atoms with Crippen LogP contribution >= 0.6 is 0 Å². The number of hydrogen-bond donors (Lipinski definition) is 0. The predicted octanol–water partition coefficient (Wildman–Crippen LogP) is 5.92. The number of rotatable bonds is 6. The maximum absolute atomic E-state index is 13.0. The second-order valence-corrected chi connectivity index (χ2v) is 7.22. The third-order valence-electron chi connectivity index (χ3n) is 4.69. The second kappa shape index (κ2) is 9.92. The molecule has 3 rings (SSSR count). The molecule has 0 aliphatic carbocycles. The molecule has 0 spiro atoms. The van der Waals surface area contributed by atoms with E-state index in [4.69, 9.17) is 5.26 Å². The summed E-state index contributed by atoms with van der Waals surface area (Å²) < 4.78 is 39.1. The van der Waals surface area contributed by atoms with E-state index in [0.717, 1.165) is 17.7 Å². The van der Waals surface area contributed by atoms with Gasteiger partial charge in [0.1, 0.15) is 11.8 Å². The molecule has 0 fully saturated rings. The summed E-state index contributed by atoms with van der Waals surface area (Å²) in [6, 6.07) is 18.3. The number of carbonyl (C=O) groups is 1. The lowest BCUT2D eigenvalue weighted by atomic mass is 10.1. The van der Waals surface area contributed by atoms with Crippen LogP contribution in [0.1, 0.15) is 34.4 Å². The minimum Gasteiger partial charge on any atom is -0.306 e. The Morgan fingerprint density at radius 3 is 2.50 bits per heavy atom. The van der Waals surface area contributed by atoms with Gasteiger partial charge in [-0.3, -0.25) is 4.79 Å². The van der Waals surface area contributed by atoms with Crippen LogP contribution in [0.25, 0.3) is 6.08 Å². The number of aryl methyl sites for hydroxylation is 1. The van der Waals surface area contributed by atoms with Gasteiger partial charge in [0, 0.05) is 6.42 Å². The zero-order valence-electron chi connectivity index (χ0n) is 17.3. The van der Waals surface area contributed by atoms with Gasteiger partial charge >= 0.3 is 6.18 Å². The van der Waals surface area contributed by atoms with Gasteiger partial charge in [-0.25, -0.2) is 4.98 Å². The highest BCUT2D eigenvalue weighted by molar-refractivity contribution is 5.94. The normalized spacial score (nSPS) is 11.3. The van der Waals surface area contributed by atoms with Crippen molar-refractivity contribution in [1.82, 2.24) is 4.98 Å². The molecule has 0 unspecified atom stereocenters. The van der Waals surface area contributed by atoms with Crippen LogP contribution in [0.3, 0.4) is 0 Å². The Balaban J connectivity index is 1.80. The van der Waals surface area contributed by atoms with Crippen molar-refractivity contribution in [1.29, 1.82) is 5.26 Å². The monoisotopic (exact) mass is 435 g/mol. The van der Waals surface area contributed by atoms with Gasteiger partial charge < -0.3 is 4.90 Å². The molecule has 0 bridgehead atoms. The quantitative estimate of drug-likeness (QED) is 0.483. The molecule has 1 amide bonds. The van der Waals surface area contributed by atoms with E-state index in [1.165, 1.54) is 23.2 Å². The third kappa shape index (κ3) is 6.05. The lowest BCUT2D eigenvalue weighted by Crippen LogP contribution is -2.29. The highest BCUT2D eigenvalue weighted by Gasteiger charge is 2.30. The van der Waals surface area contributed by atoms with Gasteiger partial charge in [-0.1, -0.05) is 48.6 Å². The third-order valence-corrected chi connectivity index (χ3v) is 4.69. The Kier molecular flexibility index (Phi) is 7.06. The topological polar surface area (TPSA) is 57.0 Å². The molecule has 0 aliphatic heterocycles. The van der Waals surface area contributed by atoms with E-state index in [0.29, 0.717) is 23.4 Å². The number of amides is 1. The van der Waals surface area contributed by atoms with Crippen LogP contribution in [0, 0.1) is 18.3 Å². The number of aromatic nitrogens is 1. The summed E-state index contributed by atoms with van der Waals surface area (Å²) >= 11 is 0. The highest BCUT2D eigenvalue weighted by Crippen LogP contribution is 2.31. The van der Waals surface area contributed by atoms with Crippen LogP contribution in [-0.4, -0.2) is 10.9 Å². The molecule has 1 heterocycles. The van der Waals surface area contributed by atoms with Crippen molar-refractivity contribution in [3.63, 3.8) is 0 Å². The van der Waals surface area contributed by atoms with Crippen LogP contribution < -0.4 is 4.90 Å². The zero-order chi connectivity index (χ0) is 23.1. The fourth-order valence-corrected chi connectivity index (χ4v) is 3.18. The first kappa shape index (κ1) is 22.8. The highest BCUT2D eigenvalue weighted by atomic mass is 19.4. The van der Waals surface area contributed by atoms with E-state index < -0.39 is 11.7 Å². The predicted molar refractivity (Wildman–Crippen MR) is 116 cm³/mol. The lowest BCUT2D eigenvalue weighted by molar-refractivity contribution is -0.137. The number of alkyl halides is 3. The minimum absolute atomic E-state index is 0.0118. The number of carbonyl (C=O) groups excluding carboxylic acids is 1. The maximum Gasteiger partial charge on any atom is 0.416 e. The molecule has 4 nitrogen and oxygen atoms in total. The molecular weight excluding hydrogens is 415 g/mol. The molecule has 7 heteroatoms. The SMILES string of the molecule is Cc1cc(/C=C/CC(=O)N(Cc2ccccc2)c2ccc(C#N)nc2)cc(C(F)(F)F)c1. The lowest BCUT2D eigenvalue weighted by Gasteiger charge is -2.22. The Bertz CT molecular complexity index is 1150. The average molecular weight is 435 g/mol. The number of nitrogens with zero attached hydrogens (tertiary/aromatic N) is 3. The van der Waals surface area contributed by atoms with Gasteiger partial charge in [0.2, 0.25) is 5.91 Å². The molecule has 162 valence electrons. The fraction of sp³-hybridized carbons (Fsp3) is 0.160. The molecule has 0 saturated heterocycles. The minimum atomic E-state index is -4.43. The Morgan fingerprint density at radius 2 is 1.88 bits per heavy atom. The van der Waals surface area contributed by atoms with E-state index in [2.05, 4.69) is 4.98 Å². The Labute approximate surface area is 184 Å². The average Bonchev–Trinajstić information content (AvgIpc) is 2.77. The van der Waals surface area contributed by atoms with Crippen LogP contribution in [0.2, 0.25) is 0 Å². The Morgan fingerprint density at radius 1 is 1.12 bits per heavy atom. The van der Waals surface area contributed by atoms with E-state index in [1.54, 1.807) is 25.1 Å². The van der Waals surface area contributed by atoms with Crippen LogP contribution in [0.4, 0.5) is 18.9 Å². The molecular formula is C25H20F3N3O. The molecule has 0 aliphatic rings. The standard InChI is InChI=1S/C25H20F3N3O/c1-18-12-20(14-21(13-18)25(26,27)28)8-5-9-24(32)31(17-19-6-3-2-4-7-19)23-11-10-22(15-29)30-16-23/h2-8,10-14,16H,9,17H2,1H3/b8-5+. The molecule has 3 aromatic rings. The maximum atomic E-state index is 13.0. The van der Waals surface area contributed by atoms with Gasteiger partial charge in [0.05, 0.1) is 24.0 Å². The largest absolute Gasteiger partial charge is 0.416 e. The van der Waals surface area contributed by atoms with Crippen molar-refractivity contribution in [3.05, 3.63) is 101 Å². The van der Waals surface area contributed by atoms with Crippen LogP contribution in [0.5, 0.6) is 0 Å². The van der Waals surface area contributed by atoms with Crippen molar-refractivity contribution < 1.29 is 18.0 Å². The number of anilines is 1. The number of hydrogen-bond acceptors (Lipinski definition) is 3.